The van der Waals surface area contributed by atoms with Gasteiger partial charge >= 0.3 is 0 Å². The van der Waals surface area contributed by atoms with Crippen molar-refractivity contribution in [3.05, 3.63) is 47.0 Å². The maximum Gasteiger partial charge on any atom is 0.299 e. The number of aryl methyl sites for hydroxylation is 1. The van der Waals surface area contributed by atoms with Crippen molar-refractivity contribution < 1.29 is 0 Å². The van der Waals surface area contributed by atoms with E-state index in [4.69, 9.17) is 0 Å². The van der Waals surface area contributed by atoms with Gasteiger partial charge in [0.25, 0.3) is 5.56 Å². The molecule has 2 aromatic rings. The first-order valence-electron chi connectivity index (χ1n) is 4.80. The number of nitrogens with zero attached hydrogens (tertiary/aromatic N) is 3. The van der Waals surface area contributed by atoms with Crippen LogP contribution in [-0.2, 0) is 6.54 Å². The van der Waals surface area contributed by atoms with Gasteiger partial charge in [0.1, 0.15) is 6.33 Å². The van der Waals surface area contributed by atoms with Crippen LogP contribution in [0, 0.1) is 0 Å². The highest BCUT2D eigenvalue weighted by Gasteiger charge is 2.05. The van der Waals surface area contributed by atoms with Gasteiger partial charge in [-0.05, 0) is 6.92 Å². The molecule has 0 aliphatic rings. The summed E-state index contributed by atoms with van der Waals surface area (Å²) in [5.74, 6) is 0. The Morgan fingerprint density at radius 2 is 2.00 bits per heavy atom. The molecule has 0 fully saturated rings. The number of hydrogen-bond acceptors (Lipinski definition) is 3. The van der Waals surface area contributed by atoms with Crippen LogP contribution in [0.25, 0.3) is 11.3 Å². The van der Waals surface area contributed by atoms with E-state index in [-0.39, 0.29) is 5.56 Å². The van der Waals surface area contributed by atoms with Crippen LogP contribution in [0.4, 0.5) is 0 Å². The van der Waals surface area contributed by atoms with E-state index in [0.29, 0.717) is 12.2 Å². The third-order valence-corrected chi connectivity index (χ3v) is 2.11. The highest BCUT2D eigenvalue weighted by atomic mass is 16.1. The summed E-state index contributed by atoms with van der Waals surface area (Å²) in [6.45, 7) is 2.65. The molecule has 0 N–H and O–H groups in total. The molecular formula is C11H11N3O. The van der Waals surface area contributed by atoms with E-state index >= 15 is 0 Å². The van der Waals surface area contributed by atoms with Gasteiger partial charge in [-0.1, -0.05) is 30.3 Å². The fourth-order valence-corrected chi connectivity index (χ4v) is 1.31. The molecule has 76 valence electrons. The van der Waals surface area contributed by atoms with E-state index in [0.717, 1.165) is 5.56 Å². The average Bonchev–Trinajstić information content (AvgIpc) is 2.31. The van der Waals surface area contributed by atoms with Crippen LogP contribution in [0.15, 0.2) is 41.5 Å². The van der Waals surface area contributed by atoms with Gasteiger partial charge in [-0.15, -0.1) is 0 Å². The van der Waals surface area contributed by atoms with Crippen LogP contribution >= 0.6 is 0 Å². The van der Waals surface area contributed by atoms with E-state index in [9.17, 15) is 4.79 Å². The van der Waals surface area contributed by atoms with Crippen molar-refractivity contribution in [1.82, 2.24) is 14.8 Å². The van der Waals surface area contributed by atoms with E-state index in [2.05, 4.69) is 10.1 Å². The second kappa shape index (κ2) is 4.04. The van der Waals surface area contributed by atoms with E-state index < -0.39 is 0 Å². The Hall–Kier alpha value is -1.97. The molecule has 0 spiro atoms. The highest BCUT2D eigenvalue weighted by Crippen LogP contribution is 2.10. The normalized spacial score (nSPS) is 10.2. The maximum atomic E-state index is 11.5. The number of aromatic nitrogens is 3. The first-order valence-corrected chi connectivity index (χ1v) is 4.80. The second-order valence-corrected chi connectivity index (χ2v) is 3.12. The minimum Gasteiger partial charge on any atom is -0.265 e. The van der Waals surface area contributed by atoms with Crippen molar-refractivity contribution in [1.29, 1.82) is 0 Å². The summed E-state index contributed by atoms with van der Waals surface area (Å²) in [5, 5.41) is 4.20. The SMILES string of the molecule is CCn1cnc(=O)c(-c2ccccc2)n1. The maximum absolute atomic E-state index is 11.5. The van der Waals surface area contributed by atoms with Gasteiger partial charge in [-0.3, -0.25) is 9.48 Å². The van der Waals surface area contributed by atoms with Crippen molar-refractivity contribution in [2.45, 2.75) is 13.5 Å². The molecule has 0 aliphatic carbocycles. The van der Waals surface area contributed by atoms with Gasteiger partial charge in [-0.2, -0.15) is 10.1 Å². The minimum atomic E-state index is -0.286. The molecule has 1 aromatic carbocycles. The van der Waals surface area contributed by atoms with Crippen LogP contribution in [0.2, 0.25) is 0 Å². The van der Waals surface area contributed by atoms with Crippen molar-refractivity contribution in [2.75, 3.05) is 0 Å². The lowest BCUT2D eigenvalue weighted by molar-refractivity contribution is 0.621. The highest BCUT2D eigenvalue weighted by molar-refractivity contribution is 5.56. The fourth-order valence-electron chi connectivity index (χ4n) is 1.31. The number of hydrogen-bond donors (Lipinski definition) is 0. The van der Waals surface area contributed by atoms with Crippen LogP contribution in [-0.4, -0.2) is 14.8 Å². The van der Waals surface area contributed by atoms with Crippen molar-refractivity contribution >= 4 is 0 Å². The summed E-state index contributed by atoms with van der Waals surface area (Å²) in [5.41, 5.74) is 0.920. The molecule has 0 saturated heterocycles. The molecule has 0 unspecified atom stereocenters. The first-order chi connectivity index (χ1) is 7.31. The van der Waals surface area contributed by atoms with Gasteiger partial charge in [0.15, 0.2) is 5.69 Å². The molecule has 4 nitrogen and oxygen atoms in total. The molecule has 2 rings (SSSR count). The summed E-state index contributed by atoms with van der Waals surface area (Å²) >= 11 is 0. The lowest BCUT2D eigenvalue weighted by atomic mass is 10.2. The zero-order chi connectivity index (χ0) is 10.7. The van der Waals surface area contributed by atoms with Gasteiger partial charge < -0.3 is 0 Å². The molecule has 0 saturated carbocycles. The van der Waals surface area contributed by atoms with E-state index in [1.165, 1.54) is 6.33 Å². The predicted octanol–water partition coefficient (Wildman–Crippen LogP) is 1.33. The van der Waals surface area contributed by atoms with Crippen molar-refractivity contribution in [2.24, 2.45) is 0 Å². The monoisotopic (exact) mass is 201 g/mol. The number of benzene rings is 1. The van der Waals surface area contributed by atoms with Crippen LogP contribution in [0.3, 0.4) is 0 Å². The van der Waals surface area contributed by atoms with Crippen molar-refractivity contribution in [3.8, 4) is 11.3 Å². The van der Waals surface area contributed by atoms with Gasteiger partial charge in [-0.25, -0.2) is 0 Å². The molecule has 0 radical (unpaired) electrons. The van der Waals surface area contributed by atoms with E-state index in [1.807, 2.05) is 37.3 Å². The largest absolute Gasteiger partial charge is 0.299 e. The Bertz CT molecular complexity index is 505. The molecule has 0 atom stereocenters. The standard InChI is InChI=1S/C11H11N3O/c1-2-14-8-12-11(15)10(13-14)9-6-4-3-5-7-9/h3-8H,2H2,1H3. The summed E-state index contributed by atoms with van der Waals surface area (Å²) in [4.78, 5) is 15.3. The fraction of sp³-hybridized carbons (Fsp3) is 0.182. The molecule has 4 heteroatoms. The summed E-state index contributed by atoms with van der Waals surface area (Å²) in [7, 11) is 0. The topological polar surface area (TPSA) is 47.8 Å². The second-order valence-electron chi connectivity index (χ2n) is 3.12. The Balaban J connectivity index is 2.57. The summed E-state index contributed by atoms with van der Waals surface area (Å²) in [6.07, 6.45) is 1.45. The summed E-state index contributed by atoms with van der Waals surface area (Å²) < 4.78 is 1.64. The Labute approximate surface area is 87.2 Å². The Kier molecular flexibility index (Phi) is 2.58. The van der Waals surface area contributed by atoms with Gasteiger partial charge in [0.05, 0.1) is 0 Å². The molecule has 1 heterocycles. The Morgan fingerprint density at radius 3 is 2.67 bits per heavy atom. The third kappa shape index (κ3) is 1.93. The molecule has 0 amide bonds. The van der Waals surface area contributed by atoms with Crippen molar-refractivity contribution in [3.63, 3.8) is 0 Å². The van der Waals surface area contributed by atoms with Crippen LogP contribution < -0.4 is 5.56 Å². The molecule has 0 bridgehead atoms. The third-order valence-electron chi connectivity index (χ3n) is 2.11. The number of rotatable bonds is 2. The van der Waals surface area contributed by atoms with Crippen LogP contribution in [0.1, 0.15) is 6.92 Å². The average molecular weight is 201 g/mol. The quantitative estimate of drug-likeness (QED) is 0.736. The molecular weight excluding hydrogens is 190 g/mol. The molecule has 1 aromatic heterocycles. The van der Waals surface area contributed by atoms with Gasteiger partial charge in [0, 0.05) is 12.1 Å². The predicted molar refractivity (Wildman–Crippen MR) is 57.4 cm³/mol. The minimum absolute atomic E-state index is 0.286. The smallest absolute Gasteiger partial charge is 0.265 e. The zero-order valence-electron chi connectivity index (χ0n) is 8.42. The van der Waals surface area contributed by atoms with E-state index in [1.54, 1.807) is 4.68 Å². The first kappa shape index (κ1) is 9.58. The molecule has 15 heavy (non-hydrogen) atoms. The summed E-state index contributed by atoms with van der Waals surface area (Å²) in [6, 6.07) is 9.36. The lowest BCUT2D eigenvalue weighted by Gasteiger charge is -2.03. The van der Waals surface area contributed by atoms with Crippen LogP contribution in [0.5, 0.6) is 0 Å². The zero-order valence-corrected chi connectivity index (χ0v) is 8.42. The molecule has 0 aliphatic heterocycles. The van der Waals surface area contributed by atoms with Gasteiger partial charge in [0.2, 0.25) is 0 Å². The Morgan fingerprint density at radius 1 is 1.27 bits per heavy atom. The lowest BCUT2D eigenvalue weighted by Crippen LogP contribution is -2.16.